The zero-order valence-corrected chi connectivity index (χ0v) is 8.97. The van der Waals surface area contributed by atoms with Gasteiger partial charge in [-0.15, -0.1) is 0 Å². The van der Waals surface area contributed by atoms with E-state index in [0.717, 1.165) is 6.26 Å². The van der Waals surface area contributed by atoms with E-state index in [1.165, 1.54) is 0 Å². The molecule has 1 amide bonds. The molecule has 0 heterocycles. The Balaban J connectivity index is 3.45. The maximum absolute atomic E-state index is 10.9. The van der Waals surface area contributed by atoms with Gasteiger partial charge in [0.1, 0.15) is 16.4 Å². The molecule has 0 aliphatic carbocycles. The molecule has 0 aromatic rings. The van der Waals surface area contributed by atoms with Crippen molar-refractivity contribution in [1.29, 1.82) is 0 Å². The number of sulfone groups is 1. The van der Waals surface area contributed by atoms with Crippen LogP contribution in [0.2, 0.25) is 0 Å². The van der Waals surface area contributed by atoms with E-state index in [1.807, 2.05) is 0 Å². The first-order chi connectivity index (χ1) is 6.45. The van der Waals surface area contributed by atoms with Gasteiger partial charge in [-0.05, 0) is 0 Å². The van der Waals surface area contributed by atoms with E-state index in [-0.39, 0.29) is 24.8 Å². The first kappa shape index (κ1) is 13.3. The molecule has 7 heteroatoms. The van der Waals surface area contributed by atoms with Crippen LogP contribution in [0.15, 0.2) is 0 Å². The van der Waals surface area contributed by atoms with Crippen LogP contribution in [-0.4, -0.2) is 52.6 Å². The van der Waals surface area contributed by atoms with Crippen molar-refractivity contribution in [3.8, 4) is 0 Å². The number of ether oxygens (including phenoxy) is 1. The molecular weight excluding hydrogens is 208 g/mol. The summed E-state index contributed by atoms with van der Waals surface area (Å²) in [4.78, 5) is 10.9. The topological polar surface area (TPSA) is 98.5 Å². The minimum atomic E-state index is -3.02. The van der Waals surface area contributed by atoms with Crippen LogP contribution in [0.3, 0.4) is 0 Å². The molecule has 0 saturated heterocycles. The van der Waals surface area contributed by atoms with Crippen LogP contribution < -0.4 is 11.1 Å². The van der Waals surface area contributed by atoms with Crippen molar-refractivity contribution >= 4 is 15.7 Å². The molecule has 0 aromatic heterocycles. The van der Waals surface area contributed by atoms with Crippen LogP contribution >= 0.6 is 0 Å². The highest BCUT2D eigenvalue weighted by molar-refractivity contribution is 7.90. The van der Waals surface area contributed by atoms with Gasteiger partial charge in [0, 0.05) is 19.3 Å². The zero-order valence-electron chi connectivity index (χ0n) is 8.15. The predicted molar refractivity (Wildman–Crippen MR) is 52.6 cm³/mol. The molecular formula is C7H16N2O4S. The summed E-state index contributed by atoms with van der Waals surface area (Å²) >= 11 is 0. The van der Waals surface area contributed by atoms with Gasteiger partial charge in [-0.2, -0.15) is 0 Å². The Bertz CT molecular complexity index is 263. The minimum absolute atomic E-state index is 0.0599. The summed E-state index contributed by atoms with van der Waals surface area (Å²) in [7, 11) is -3.02. The van der Waals surface area contributed by atoms with Gasteiger partial charge >= 0.3 is 0 Å². The second-order valence-electron chi connectivity index (χ2n) is 2.82. The first-order valence-electron chi connectivity index (χ1n) is 4.18. The number of nitrogens with one attached hydrogen (secondary N) is 1. The van der Waals surface area contributed by atoms with E-state index >= 15 is 0 Å². The number of rotatable bonds is 7. The van der Waals surface area contributed by atoms with Crippen LogP contribution in [0.25, 0.3) is 0 Å². The Kier molecular flexibility index (Phi) is 6.43. The standard InChI is InChI=1S/C7H16N2O4S/c1-14(11,12)5-3-9-7(10)6-13-4-2-8/h2-6,8H2,1H3,(H,9,10). The van der Waals surface area contributed by atoms with Gasteiger partial charge in [-0.1, -0.05) is 0 Å². The third-order valence-corrected chi connectivity index (χ3v) is 2.24. The fourth-order valence-electron chi connectivity index (χ4n) is 0.675. The van der Waals surface area contributed by atoms with Crippen LogP contribution in [0, 0.1) is 0 Å². The molecule has 0 atom stereocenters. The number of amides is 1. The molecule has 14 heavy (non-hydrogen) atoms. The molecule has 0 fully saturated rings. The molecule has 0 radical (unpaired) electrons. The van der Waals surface area contributed by atoms with Gasteiger partial charge in [0.05, 0.1) is 12.4 Å². The predicted octanol–water partition coefficient (Wildman–Crippen LogP) is -1.88. The van der Waals surface area contributed by atoms with Gasteiger partial charge in [-0.25, -0.2) is 8.42 Å². The van der Waals surface area contributed by atoms with Gasteiger partial charge in [0.15, 0.2) is 0 Å². The highest BCUT2D eigenvalue weighted by atomic mass is 32.2. The fraction of sp³-hybridized carbons (Fsp3) is 0.857. The van der Waals surface area contributed by atoms with Gasteiger partial charge < -0.3 is 15.8 Å². The van der Waals surface area contributed by atoms with E-state index in [4.69, 9.17) is 10.5 Å². The lowest BCUT2D eigenvalue weighted by Gasteiger charge is -2.04. The average Bonchev–Trinajstić information content (AvgIpc) is 2.02. The minimum Gasteiger partial charge on any atom is -0.370 e. The molecule has 3 N–H and O–H groups in total. The monoisotopic (exact) mass is 224 g/mol. The van der Waals surface area contributed by atoms with Gasteiger partial charge in [0.2, 0.25) is 5.91 Å². The molecule has 84 valence electrons. The number of carbonyl (C=O) groups is 1. The molecule has 0 rings (SSSR count). The van der Waals surface area contributed by atoms with Crippen LogP contribution in [-0.2, 0) is 19.4 Å². The summed E-state index contributed by atoms with van der Waals surface area (Å²) < 4.78 is 26.2. The SMILES string of the molecule is CS(=O)(=O)CCNC(=O)COCCN. The normalized spacial score (nSPS) is 11.3. The van der Waals surface area contributed by atoms with Crippen molar-refractivity contribution in [3.05, 3.63) is 0 Å². The van der Waals surface area contributed by atoms with E-state index in [9.17, 15) is 13.2 Å². The Morgan fingerprint density at radius 2 is 2.14 bits per heavy atom. The van der Waals surface area contributed by atoms with E-state index < -0.39 is 9.84 Å². The first-order valence-corrected chi connectivity index (χ1v) is 6.24. The van der Waals surface area contributed by atoms with E-state index in [1.54, 1.807) is 0 Å². The van der Waals surface area contributed by atoms with E-state index in [2.05, 4.69) is 5.32 Å². The summed E-state index contributed by atoms with van der Waals surface area (Å²) in [5.41, 5.74) is 5.14. The molecule has 0 saturated carbocycles. The number of nitrogens with two attached hydrogens (primary N) is 1. The molecule has 6 nitrogen and oxygen atoms in total. The van der Waals surface area contributed by atoms with Crippen molar-refractivity contribution in [2.75, 3.05) is 38.3 Å². The highest BCUT2D eigenvalue weighted by Crippen LogP contribution is 1.80. The van der Waals surface area contributed by atoms with Crippen molar-refractivity contribution in [2.24, 2.45) is 5.73 Å². The Hall–Kier alpha value is -0.660. The Labute approximate surface area is 83.7 Å². The maximum atomic E-state index is 10.9. The Morgan fingerprint density at radius 3 is 2.64 bits per heavy atom. The average molecular weight is 224 g/mol. The number of hydrogen-bond donors (Lipinski definition) is 2. The second kappa shape index (κ2) is 6.74. The molecule has 0 aliphatic rings. The summed E-state index contributed by atoms with van der Waals surface area (Å²) in [6, 6.07) is 0. The third-order valence-electron chi connectivity index (χ3n) is 1.29. The number of hydrogen-bond acceptors (Lipinski definition) is 5. The molecule has 0 spiro atoms. The maximum Gasteiger partial charge on any atom is 0.246 e. The molecule has 0 bridgehead atoms. The lowest BCUT2D eigenvalue weighted by molar-refractivity contribution is -0.125. The number of carbonyl (C=O) groups excluding carboxylic acids is 1. The van der Waals surface area contributed by atoms with Crippen molar-refractivity contribution in [1.82, 2.24) is 5.32 Å². The largest absolute Gasteiger partial charge is 0.370 e. The summed E-state index contributed by atoms with van der Waals surface area (Å²) in [6.45, 7) is 0.709. The van der Waals surface area contributed by atoms with E-state index in [0.29, 0.717) is 13.2 Å². The van der Waals surface area contributed by atoms with Gasteiger partial charge in [0.25, 0.3) is 0 Å². The smallest absolute Gasteiger partial charge is 0.246 e. The Morgan fingerprint density at radius 1 is 1.50 bits per heavy atom. The summed E-state index contributed by atoms with van der Waals surface area (Å²) in [6.07, 6.45) is 1.12. The van der Waals surface area contributed by atoms with Crippen molar-refractivity contribution in [2.45, 2.75) is 0 Å². The molecule has 0 unspecified atom stereocenters. The van der Waals surface area contributed by atoms with Crippen molar-refractivity contribution in [3.63, 3.8) is 0 Å². The summed E-state index contributed by atoms with van der Waals surface area (Å²) in [5, 5.41) is 2.41. The third kappa shape index (κ3) is 9.43. The van der Waals surface area contributed by atoms with Crippen molar-refractivity contribution < 1.29 is 17.9 Å². The molecule has 0 aliphatic heterocycles. The van der Waals surface area contributed by atoms with Crippen LogP contribution in [0.1, 0.15) is 0 Å². The summed E-state index contributed by atoms with van der Waals surface area (Å²) in [5.74, 6) is -0.391. The van der Waals surface area contributed by atoms with Crippen LogP contribution in [0.5, 0.6) is 0 Å². The lowest BCUT2D eigenvalue weighted by atomic mass is 10.6. The quantitative estimate of drug-likeness (QED) is 0.493. The lowest BCUT2D eigenvalue weighted by Crippen LogP contribution is -2.32. The van der Waals surface area contributed by atoms with Crippen LogP contribution in [0.4, 0.5) is 0 Å². The zero-order chi connectivity index (χ0) is 11.0. The molecule has 0 aromatic carbocycles. The second-order valence-corrected chi connectivity index (χ2v) is 5.08. The fourth-order valence-corrected chi connectivity index (χ4v) is 1.15. The van der Waals surface area contributed by atoms with Gasteiger partial charge in [-0.3, -0.25) is 4.79 Å². The highest BCUT2D eigenvalue weighted by Gasteiger charge is 2.04.